The van der Waals surface area contributed by atoms with Crippen LogP contribution in [0.1, 0.15) is 120 Å². The van der Waals surface area contributed by atoms with Crippen molar-refractivity contribution < 1.29 is 45.2 Å². The summed E-state index contributed by atoms with van der Waals surface area (Å²) in [5.74, 6) is 0.629. The van der Waals surface area contributed by atoms with Crippen LogP contribution in [0.2, 0.25) is 0 Å². The van der Waals surface area contributed by atoms with E-state index in [1.165, 1.54) is 0 Å². The zero-order valence-electron chi connectivity index (χ0n) is 29.1. The Morgan fingerprint density at radius 3 is 2.04 bits per heavy atom. The first-order valence-electron chi connectivity index (χ1n) is 17.7. The summed E-state index contributed by atoms with van der Waals surface area (Å²) in [6.45, 7) is 16.8. The van der Waals surface area contributed by atoms with E-state index in [0.29, 0.717) is 31.1 Å². The summed E-state index contributed by atoms with van der Waals surface area (Å²) in [4.78, 5) is 0. The largest absolute Gasteiger partial charge is 0.394 e. The average molecular weight is 641 g/mol. The molecule has 5 aliphatic rings. The van der Waals surface area contributed by atoms with Gasteiger partial charge in [0.05, 0.1) is 30.0 Å². The van der Waals surface area contributed by atoms with Crippen molar-refractivity contribution in [3.05, 3.63) is 0 Å². The highest BCUT2D eigenvalue weighted by atomic mass is 16.7. The lowest BCUT2D eigenvalue weighted by atomic mass is 9.35. The van der Waals surface area contributed by atoms with Gasteiger partial charge < -0.3 is 45.2 Å². The van der Waals surface area contributed by atoms with Crippen LogP contribution in [0.15, 0.2) is 0 Å². The zero-order valence-corrected chi connectivity index (χ0v) is 29.1. The molecule has 0 aromatic heterocycles. The Hall–Kier alpha value is -0.360. The maximum absolute atomic E-state index is 12.0. The SMILES string of the molecule is CC(C)(O)CCC[C@](C)(O)[C@H]1CC[C@]2(C)[C@@H]1[C@H](O)C[C@@H]1[C@@]3(C)CC[C@H](O[C@@H]4O[C@H](CO)[C@@H](O)[C@H](O)[C@H]4O)C(C)(C)[C@@H]3CC[C@]12C. The monoisotopic (exact) mass is 640 g/mol. The third-order valence-corrected chi connectivity index (χ3v) is 14.7. The summed E-state index contributed by atoms with van der Waals surface area (Å²) in [5.41, 5.74) is -2.11. The Balaban J connectivity index is 1.36. The Morgan fingerprint density at radius 1 is 0.778 bits per heavy atom. The highest BCUT2D eigenvalue weighted by molar-refractivity contribution is 5.20. The molecule has 45 heavy (non-hydrogen) atoms. The average Bonchev–Trinajstić information content (AvgIpc) is 3.31. The Bertz CT molecular complexity index is 1060. The molecule has 0 aromatic rings. The number of ether oxygens (including phenoxy) is 2. The number of fused-ring (bicyclic) bond motifs is 5. The van der Waals surface area contributed by atoms with E-state index in [9.17, 15) is 35.7 Å². The smallest absolute Gasteiger partial charge is 0.186 e. The molecule has 0 unspecified atom stereocenters. The molecule has 5 fully saturated rings. The van der Waals surface area contributed by atoms with E-state index < -0.39 is 54.6 Å². The van der Waals surface area contributed by atoms with E-state index in [4.69, 9.17) is 9.47 Å². The molecule has 262 valence electrons. The van der Waals surface area contributed by atoms with Crippen molar-refractivity contribution in [1.29, 1.82) is 0 Å². The van der Waals surface area contributed by atoms with Gasteiger partial charge in [0.15, 0.2) is 6.29 Å². The third-order valence-electron chi connectivity index (χ3n) is 14.7. The van der Waals surface area contributed by atoms with Gasteiger partial charge in [-0.2, -0.15) is 0 Å². The van der Waals surface area contributed by atoms with E-state index in [-0.39, 0.29) is 39.6 Å². The van der Waals surface area contributed by atoms with Crippen LogP contribution in [0.25, 0.3) is 0 Å². The van der Waals surface area contributed by atoms with Crippen LogP contribution in [0.3, 0.4) is 0 Å². The summed E-state index contributed by atoms with van der Waals surface area (Å²) >= 11 is 0. The van der Waals surface area contributed by atoms with Gasteiger partial charge in [-0.15, -0.1) is 0 Å². The van der Waals surface area contributed by atoms with Crippen LogP contribution in [0, 0.1) is 45.3 Å². The first kappa shape index (κ1) is 35.9. The van der Waals surface area contributed by atoms with Gasteiger partial charge in [0, 0.05) is 0 Å². The fourth-order valence-electron chi connectivity index (χ4n) is 12.1. The van der Waals surface area contributed by atoms with E-state index in [1.54, 1.807) is 0 Å². The number of rotatable bonds is 8. The molecule has 9 nitrogen and oxygen atoms in total. The van der Waals surface area contributed by atoms with Gasteiger partial charge in [0.1, 0.15) is 24.4 Å². The molecule has 4 saturated carbocycles. The highest BCUT2D eigenvalue weighted by Gasteiger charge is 2.71. The number of hydrogen-bond acceptors (Lipinski definition) is 9. The molecule has 1 saturated heterocycles. The molecule has 0 amide bonds. The van der Waals surface area contributed by atoms with Gasteiger partial charge in [-0.1, -0.05) is 34.6 Å². The lowest BCUT2D eigenvalue weighted by Crippen LogP contribution is -2.67. The molecule has 4 aliphatic carbocycles. The van der Waals surface area contributed by atoms with Gasteiger partial charge in [0.2, 0.25) is 0 Å². The first-order chi connectivity index (χ1) is 20.6. The molecule has 9 heteroatoms. The minimum atomic E-state index is -1.47. The fourth-order valence-corrected chi connectivity index (χ4v) is 12.1. The van der Waals surface area contributed by atoms with E-state index in [2.05, 4.69) is 34.6 Å². The second kappa shape index (κ2) is 11.9. The number of aliphatic hydroxyl groups excluding tert-OH is 5. The molecule has 1 aliphatic heterocycles. The molecule has 15 atom stereocenters. The van der Waals surface area contributed by atoms with Crippen LogP contribution in [0.5, 0.6) is 0 Å². The van der Waals surface area contributed by atoms with Crippen molar-refractivity contribution in [2.45, 2.75) is 174 Å². The van der Waals surface area contributed by atoms with E-state index >= 15 is 0 Å². The van der Waals surface area contributed by atoms with Crippen LogP contribution in [-0.2, 0) is 9.47 Å². The Labute approximate surface area is 270 Å². The third kappa shape index (κ3) is 5.76. The summed E-state index contributed by atoms with van der Waals surface area (Å²) in [5, 5.41) is 75.1. The van der Waals surface area contributed by atoms with Crippen molar-refractivity contribution in [3.63, 3.8) is 0 Å². The Kier molecular flexibility index (Phi) is 9.51. The fraction of sp³-hybridized carbons (Fsp3) is 1.00. The van der Waals surface area contributed by atoms with Crippen molar-refractivity contribution in [2.24, 2.45) is 45.3 Å². The standard InChI is InChI=1S/C36H64O9/c1-31(2,42)13-9-14-36(8,43)20-10-16-35(7)26(20)21(38)18-24-33(5)15-12-25(32(3,4)23(33)11-17-34(24,35)6)45-30-29(41)28(40)27(39)22(19-37)44-30/h20-30,37-43H,9-19H2,1-8H3/t20-,21+,22+,23-,24+,25-,26-,27+,28-,29+,30-,33-,34+,35+,36-/m0/s1. The Morgan fingerprint density at radius 2 is 1.42 bits per heavy atom. The minimum absolute atomic E-state index is 0.00110. The van der Waals surface area contributed by atoms with Gasteiger partial charge in [-0.05, 0) is 130 Å². The highest BCUT2D eigenvalue weighted by Crippen LogP contribution is 2.76. The number of hydrogen-bond donors (Lipinski definition) is 7. The molecule has 0 spiro atoms. The summed E-state index contributed by atoms with van der Waals surface area (Å²) in [6, 6.07) is 0. The second-order valence-electron chi connectivity index (χ2n) is 18.2. The second-order valence-corrected chi connectivity index (χ2v) is 18.2. The minimum Gasteiger partial charge on any atom is -0.394 e. The van der Waals surface area contributed by atoms with Crippen molar-refractivity contribution >= 4 is 0 Å². The zero-order chi connectivity index (χ0) is 33.5. The van der Waals surface area contributed by atoms with Gasteiger partial charge >= 0.3 is 0 Å². The number of aliphatic hydroxyl groups is 7. The molecule has 0 radical (unpaired) electrons. The van der Waals surface area contributed by atoms with Crippen LogP contribution < -0.4 is 0 Å². The van der Waals surface area contributed by atoms with Crippen LogP contribution >= 0.6 is 0 Å². The maximum Gasteiger partial charge on any atom is 0.186 e. The van der Waals surface area contributed by atoms with E-state index in [0.717, 1.165) is 44.9 Å². The lowest BCUT2D eigenvalue weighted by Gasteiger charge is -2.70. The molecule has 5 rings (SSSR count). The topological polar surface area (TPSA) is 160 Å². The van der Waals surface area contributed by atoms with Gasteiger partial charge in [-0.3, -0.25) is 0 Å². The lowest BCUT2D eigenvalue weighted by molar-refractivity contribution is -0.332. The van der Waals surface area contributed by atoms with Crippen molar-refractivity contribution in [3.8, 4) is 0 Å². The molecule has 1 heterocycles. The predicted octanol–water partition coefficient (Wildman–Crippen LogP) is 3.52. The molecule has 0 aromatic carbocycles. The van der Waals surface area contributed by atoms with Crippen molar-refractivity contribution in [1.82, 2.24) is 0 Å². The predicted molar refractivity (Wildman–Crippen MR) is 170 cm³/mol. The van der Waals surface area contributed by atoms with Crippen LogP contribution in [0.4, 0.5) is 0 Å². The maximum atomic E-state index is 12.0. The van der Waals surface area contributed by atoms with Gasteiger partial charge in [0.25, 0.3) is 0 Å². The van der Waals surface area contributed by atoms with Crippen molar-refractivity contribution in [2.75, 3.05) is 6.61 Å². The summed E-state index contributed by atoms with van der Waals surface area (Å²) in [7, 11) is 0. The molecule has 7 N–H and O–H groups in total. The summed E-state index contributed by atoms with van der Waals surface area (Å²) in [6.07, 6.45) is 1.05. The van der Waals surface area contributed by atoms with Crippen LogP contribution in [-0.4, -0.2) is 96.5 Å². The molecular weight excluding hydrogens is 576 g/mol. The summed E-state index contributed by atoms with van der Waals surface area (Å²) < 4.78 is 12.2. The first-order valence-corrected chi connectivity index (χ1v) is 17.7. The van der Waals surface area contributed by atoms with Gasteiger partial charge in [-0.25, -0.2) is 0 Å². The quantitative estimate of drug-likeness (QED) is 0.197. The van der Waals surface area contributed by atoms with E-state index in [1.807, 2.05) is 20.8 Å². The normalized spacial score (nSPS) is 51.1. The molecule has 0 bridgehead atoms. The molecular formula is C36H64O9.